The lowest BCUT2D eigenvalue weighted by Crippen LogP contribution is -2.25. The van der Waals surface area contributed by atoms with E-state index in [9.17, 15) is 4.79 Å². The fourth-order valence-corrected chi connectivity index (χ4v) is 4.39. The Hall–Kier alpha value is -3.06. The molecule has 1 aromatic heterocycles. The second-order valence-electron chi connectivity index (χ2n) is 7.75. The molecule has 166 valence electrons. The van der Waals surface area contributed by atoms with Crippen LogP contribution in [-0.4, -0.2) is 32.9 Å². The van der Waals surface area contributed by atoms with Crippen molar-refractivity contribution in [3.05, 3.63) is 78.1 Å². The smallest absolute Gasteiger partial charge is 0.192 e. The van der Waals surface area contributed by atoms with Crippen LogP contribution < -0.4 is 9.47 Å². The number of aromatic nitrogens is 3. The highest BCUT2D eigenvalue weighted by atomic mass is 32.2. The Kier molecular flexibility index (Phi) is 6.95. The predicted molar refractivity (Wildman–Crippen MR) is 126 cm³/mol. The summed E-state index contributed by atoms with van der Waals surface area (Å²) in [6, 6.07) is 15.5. The molecule has 3 aromatic rings. The Bertz CT molecular complexity index is 1090. The molecule has 6 nitrogen and oxygen atoms in total. The zero-order chi connectivity index (χ0) is 22.5. The molecule has 0 aliphatic carbocycles. The summed E-state index contributed by atoms with van der Waals surface area (Å²) in [4.78, 5) is 12.7. The van der Waals surface area contributed by atoms with Crippen LogP contribution in [0.2, 0.25) is 0 Å². The van der Waals surface area contributed by atoms with Crippen LogP contribution in [0, 0.1) is 0 Å². The number of allylic oxidation sites excluding steroid dienone is 1. The first kappa shape index (κ1) is 22.1. The number of benzene rings is 2. The molecule has 4 rings (SSSR count). The summed E-state index contributed by atoms with van der Waals surface area (Å²) < 4.78 is 13.9. The van der Waals surface area contributed by atoms with E-state index < -0.39 is 0 Å². The number of hydrogen-bond acceptors (Lipinski definition) is 6. The Morgan fingerprint density at radius 1 is 1.22 bits per heavy atom. The molecular formula is C25H27N3O3S. The minimum atomic E-state index is -0.379. The molecule has 1 aliphatic heterocycles. The van der Waals surface area contributed by atoms with Crippen molar-refractivity contribution in [3.63, 3.8) is 0 Å². The largest absolute Gasteiger partial charge is 0.485 e. The maximum absolute atomic E-state index is 12.7. The van der Waals surface area contributed by atoms with Crippen LogP contribution in [0.4, 0.5) is 0 Å². The van der Waals surface area contributed by atoms with Crippen LogP contribution in [0.1, 0.15) is 54.0 Å². The van der Waals surface area contributed by atoms with E-state index >= 15 is 0 Å². The molecule has 2 unspecified atom stereocenters. The lowest BCUT2D eigenvalue weighted by atomic mass is 9.97. The molecule has 32 heavy (non-hydrogen) atoms. The lowest BCUT2D eigenvalue weighted by molar-refractivity contribution is 0.0821. The van der Waals surface area contributed by atoms with Gasteiger partial charge >= 0.3 is 0 Å². The molecule has 2 atom stereocenters. The molecule has 7 heteroatoms. The van der Waals surface area contributed by atoms with Gasteiger partial charge in [-0.3, -0.25) is 9.36 Å². The summed E-state index contributed by atoms with van der Waals surface area (Å²) >= 11 is 1.37. The zero-order valence-corrected chi connectivity index (χ0v) is 19.2. The second-order valence-corrected chi connectivity index (χ2v) is 8.69. The second kappa shape index (κ2) is 10.0. The number of hydrogen-bond donors (Lipinski definition) is 0. The Morgan fingerprint density at radius 2 is 1.97 bits per heavy atom. The number of nitrogens with zero attached hydrogens (tertiary/aromatic N) is 3. The molecule has 1 aliphatic rings. The standard InChI is InChI=1S/C25H27N3O3S/c1-4-14-28-24(23-15-30-21-8-6-7-9-22(21)31-23)26-27-25(28)32-16-20(29)19-12-10-18(11-13-19)17(3)5-2/h4,6-13,17,23H,1,5,14-16H2,2-3H3. The van der Waals surface area contributed by atoms with Crippen LogP contribution in [0.15, 0.2) is 66.3 Å². The Labute approximate surface area is 192 Å². The van der Waals surface area contributed by atoms with E-state index in [2.05, 4.69) is 30.6 Å². The van der Waals surface area contributed by atoms with E-state index in [-0.39, 0.29) is 17.6 Å². The fraction of sp³-hybridized carbons (Fsp3) is 0.320. The highest BCUT2D eigenvalue weighted by Gasteiger charge is 2.28. The highest BCUT2D eigenvalue weighted by molar-refractivity contribution is 7.99. The van der Waals surface area contributed by atoms with Crippen molar-refractivity contribution in [1.29, 1.82) is 0 Å². The fourth-order valence-electron chi connectivity index (χ4n) is 3.54. The number of ether oxygens (including phenoxy) is 2. The van der Waals surface area contributed by atoms with Gasteiger partial charge in [0.1, 0.15) is 6.61 Å². The number of Topliss-reactive ketones (excluding diaryl/α,β-unsaturated/α-hetero) is 1. The highest BCUT2D eigenvalue weighted by Crippen LogP contribution is 2.36. The molecule has 0 saturated carbocycles. The van der Waals surface area contributed by atoms with Gasteiger partial charge in [-0.1, -0.05) is 68.1 Å². The maximum atomic E-state index is 12.7. The normalized spacial score (nSPS) is 15.9. The van der Waals surface area contributed by atoms with Crippen LogP contribution in [0.5, 0.6) is 11.5 Å². The maximum Gasteiger partial charge on any atom is 0.192 e. The first-order valence-corrected chi connectivity index (χ1v) is 11.8. The summed E-state index contributed by atoms with van der Waals surface area (Å²) in [6.45, 7) is 9.06. The van der Waals surface area contributed by atoms with Crippen molar-refractivity contribution in [2.75, 3.05) is 12.4 Å². The van der Waals surface area contributed by atoms with Crippen molar-refractivity contribution in [2.45, 2.75) is 44.0 Å². The van der Waals surface area contributed by atoms with Gasteiger partial charge in [-0.15, -0.1) is 16.8 Å². The summed E-state index contributed by atoms with van der Waals surface area (Å²) in [5.74, 6) is 2.89. The number of para-hydroxylation sites is 2. The molecule has 0 N–H and O–H groups in total. The van der Waals surface area contributed by atoms with Gasteiger partial charge < -0.3 is 9.47 Å². The first-order chi connectivity index (χ1) is 15.6. The van der Waals surface area contributed by atoms with Gasteiger partial charge in [0.05, 0.1) is 5.75 Å². The number of fused-ring (bicyclic) bond motifs is 1. The zero-order valence-electron chi connectivity index (χ0n) is 18.4. The molecule has 0 fully saturated rings. The molecule has 0 bridgehead atoms. The quantitative estimate of drug-likeness (QED) is 0.245. The van der Waals surface area contributed by atoms with Crippen molar-refractivity contribution >= 4 is 17.5 Å². The summed E-state index contributed by atoms with van der Waals surface area (Å²) in [5, 5.41) is 9.33. The van der Waals surface area contributed by atoms with Gasteiger partial charge in [0, 0.05) is 12.1 Å². The third-order valence-corrected chi connectivity index (χ3v) is 6.57. The average Bonchev–Trinajstić information content (AvgIpc) is 3.24. The topological polar surface area (TPSA) is 66.2 Å². The SMILES string of the molecule is C=CCn1c(SCC(=O)c2ccc(C(C)CC)cc2)nnc1C1COc2ccccc2O1. The number of ketones is 1. The summed E-state index contributed by atoms with van der Waals surface area (Å²) in [5.41, 5.74) is 1.96. The van der Waals surface area contributed by atoms with E-state index in [0.29, 0.717) is 41.4 Å². The molecule has 0 amide bonds. The Balaban J connectivity index is 1.46. The molecule has 2 aromatic carbocycles. The van der Waals surface area contributed by atoms with E-state index in [1.165, 1.54) is 17.3 Å². The van der Waals surface area contributed by atoms with Crippen molar-refractivity contribution in [1.82, 2.24) is 14.8 Å². The van der Waals surface area contributed by atoms with Gasteiger partial charge in [-0.25, -0.2) is 0 Å². The average molecular weight is 450 g/mol. The minimum absolute atomic E-state index is 0.0616. The van der Waals surface area contributed by atoms with Gasteiger partial charge in [0.25, 0.3) is 0 Å². The third-order valence-electron chi connectivity index (χ3n) is 5.60. The number of thioether (sulfide) groups is 1. The number of carbonyl (C=O) groups excluding carboxylic acids is 1. The third kappa shape index (κ3) is 4.72. The Morgan fingerprint density at radius 3 is 2.69 bits per heavy atom. The molecule has 0 radical (unpaired) electrons. The van der Waals surface area contributed by atoms with Crippen molar-refractivity contribution in [3.8, 4) is 11.5 Å². The molecule has 2 heterocycles. The monoisotopic (exact) mass is 449 g/mol. The van der Waals surface area contributed by atoms with Crippen LogP contribution in [-0.2, 0) is 6.54 Å². The van der Waals surface area contributed by atoms with E-state index in [0.717, 1.165) is 12.2 Å². The van der Waals surface area contributed by atoms with Crippen molar-refractivity contribution < 1.29 is 14.3 Å². The molecular weight excluding hydrogens is 422 g/mol. The van der Waals surface area contributed by atoms with Gasteiger partial charge in [-0.05, 0) is 30.0 Å². The van der Waals surface area contributed by atoms with E-state index in [4.69, 9.17) is 9.47 Å². The van der Waals surface area contributed by atoms with Crippen LogP contribution in [0.25, 0.3) is 0 Å². The van der Waals surface area contributed by atoms with Gasteiger partial charge in [0.2, 0.25) is 0 Å². The van der Waals surface area contributed by atoms with E-state index in [1.54, 1.807) is 6.08 Å². The van der Waals surface area contributed by atoms with E-state index in [1.807, 2.05) is 53.1 Å². The van der Waals surface area contributed by atoms with Crippen molar-refractivity contribution in [2.24, 2.45) is 0 Å². The predicted octanol–water partition coefficient (Wildman–Crippen LogP) is 5.47. The minimum Gasteiger partial charge on any atom is -0.485 e. The molecule has 0 spiro atoms. The number of rotatable bonds is 9. The number of carbonyl (C=O) groups is 1. The van der Waals surface area contributed by atoms with Crippen LogP contribution in [0.3, 0.4) is 0 Å². The molecule has 0 saturated heterocycles. The lowest BCUT2D eigenvalue weighted by Gasteiger charge is -2.26. The summed E-state index contributed by atoms with van der Waals surface area (Å²) in [6.07, 6.45) is 2.48. The summed E-state index contributed by atoms with van der Waals surface area (Å²) in [7, 11) is 0. The first-order valence-electron chi connectivity index (χ1n) is 10.8. The van der Waals surface area contributed by atoms with Gasteiger partial charge in [0.15, 0.2) is 34.4 Å². The van der Waals surface area contributed by atoms with Crippen LogP contribution >= 0.6 is 11.8 Å². The van der Waals surface area contributed by atoms with Gasteiger partial charge in [-0.2, -0.15) is 0 Å².